The van der Waals surface area contributed by atoms with E-state index in [1.807, 2.05) is 37.3 Å². The number of anilines is 1. The molecular weight excluding hydrogens is 334 g/mol. The Kier molecular flexibility index (Phi) is 5.38. The largest absolute Gasteiger partial charge is 0.365 e. The highest BCUT2D eigenvalue weighted by molar-refractivity contribution is 7.17. The van der Waals surface area contributed by atoms with E-state index in [0.29, 0.717) is 10.6 Å². The van der Waals surface area contributed by atoms with Crippen LogP contribution in [0.2, 0.25) is 0 Å². The molecule has 3 amide bonds. The summed E-state index contributed by atoms with van der Waals surface area (Å²) in [5.41, 5.74) is 7.72. The maximum absolute atomic E-state index is 12.3. The summed E-state index contributed by atoms with van der Waals surface area (Å²) in [5.74, 6) is -0.531. The van der Waals surface area contributed by atoms with E-state index in [2.05, 4.69) is 10.6 Å². The van der Waals surface area contributed by atoms with Crippen LogP contribution in [0.5, 0.6) is 0 Å². The Morgan fingerprint density at radius 3 is 2.44 bits per heavy atom. The number of carbonyl (C=O) groups excluding carboxylic acids is 2. The first kappa shape index (κ1) is 17.5. The smallest absolute Gasteiger partial charge is 0.320 e. The number of hydrogen-bond donors (Lipinski definition) is 3. The molecule has 3 rings (SSSR count). The second-order valence-electron chi connectivity index (χ2n) is 6.40. The van der Waals surface area contributed by atoms with Gasteiger partial charge < -0.3 is 11.1 Å². The van der Waals surface area contributed by atoms with Gasteiger partial charge in [0, 0.05) is 16.5 Å². The molecule has 1 aliphatic carbocycles. The van der Waals surface area contributed by atoms with Crippen LogP contribution in [0.1, 0.15) is 47.3 Å². The van der Waals surface area contributed by atoms with Crippen LogP contribution in [-0.2, 0) is 0 Å². The van der Waals surface area contributed by atoms with Gasteiger partial charge in [-0.05, 0) is 25.3 Å². The third-order valence-corrected chi connectivity index (χ3v) is 5.58. The summed E-state index contributed by atoms with van der Waals surface area (Å²) in [6, 6.07) is 9.57. The number of thiophene rings is 1. The molecule has 0 atom stereocenters. The maximum Gasteiger partial charge on any atom is 0.320 e. The average Bonchev–Trinajstić information content (AvgIpc) is 2.92. The fourth-order valence-electron chi connectivity index (χ4n) is 3.39. The first-order valence-corrected chi connectivity index (χ1v) is 9.44. The lowest BCUT2D eigenvalue weighted by Gasteiger charge is -2.22. The lowest BCUT2D eigenvalue weighted by atomic mass is 9.96. The lowest BCUT2D eigenvalue weighted by molar-refractivity contribution is 0.100. The molecule has 132 valence electrons. The van der Waals surface area contributed by atoms with Gasteiger partial charge in [0.05, 0.1) is 5.56 Å². The average molecular weight is 357 g/mol. The van der Waals surface area contributed by atoms with Crippen LogP contribution >= 0.6 is 11.3 Å². The molecule has 0 unspecified atom stereocenters. The van der Waals surface area contributed by atoms with Gasteiger partial charge in [0.1, 0.15) is 5.00 Å². The summed E-state index contributed by atoms with van der Waals surface area (Å²) in [7, 11) is 0. The van der Waals surface area contributed by atoms with Crippen molar-refractivity contribution in [3.63, 3.8) is 0 Å². The van der Waals surface area contributed by atoms with E-state index in [1.54, 1.807) is 0 Å². The fraction of sp³-hybridized carbons (Fsp3) is 0.368. The van der Waals surface area contributed by atoms with Crippen molar-refractivity contribution in [3.8, 4) is 11.1 Å². The number of aryl methyl sites for hydroxylation is 1. The number of nitrogens with one attached hydrogen (secondary N) is 2. The molecule has 0 spiro atoms. The van der Waals surface area contributed by atoms with Crippen molar-refractivity contribution >= 4 is 28.3 Å². The molecule has 5 nitrogen and oxygen atoms in total. The molecule has 1 heterocycles. The van der Waals surface area contributed by atoms with E-state index in [0.717, 1.165) is 41.7 Å². The van der Waals surface area contributed by atoms with Gasteiger partial charge in [-0.1, -0.05) is 49.6 Å². The Labute approximate surface area is 151 Å². The quantitative estimate of drug-likeness (QED) is 0.763. The Bertz CT molecular complexity index is 764. The van der Waals surface area contributed by atoms with Crippen LogP contribution in [0.25, 0.3) is 11.1 Å². The van der Waals surface area contributed by atoms with Gasteiger partial charge in [0.25, 0.3) is 5.91 Å². The van der Waals surface area contributed by atoms with Crippen molar-refractivity contribution in [2.75, 3.05) is 5.32 Å². The first-order valence-electron chi connectivity index (χ1n) is 8.62. The van der Waals surface area contributed by atoms with Crippen LogP contribution in [0.3, 0.4) is 0 Å². The maximum atomic E-state index is 12.3. The van der Waals surface area contributed by atoms with Gasteiger partial charge in [-0.3, -0.25) is 10.1 Å². The van der Waals surface area contributed by atoms with Crippen LogP contribution in [0, 0.1) is 6.92 Å². The van der Waals surface area contributed by atoms with Gasteiger partial charge >= 0.3 is 6.03 Å². The van der Waals surface area contributed by atoms with Crippen molar-refractivity contribution in [2.45, 2.75) is 45.1 Å². The third kappa shape index (κ3) is 4.02. The molecule has 25 heavy (non-hydrogen) atoms. The van der Waals surface area contributed by atoms with Crippen LogP contribution in [0.15, 0.2) is 30.3 Å². The number of primary amides is 1. The van der Waals surface area contributed by atoms with Crippen molar-refractivity contribution in [1.29, 1.82) is 0 Å². The fourth-order valence-corrected chi connectivity index (χ4v) is 4.47. The number of amides is 3. The van der Waals surface area contributed by atoms with Crippen LogP contribution < -0.4 is 16.4 Å². The topological polar surface area (TPSA) is 84.2 Å². The Balaban J connectivity index is 1.84. The molecule has 1 saturated carbocycles. The Morgan fingerprint density at radius 1 is 1.12 bits per heavy atom. The van der Waals surface area contributed by atoms with Crippen LogP contribution in [-0.4, -0.2) is 18.0 Å². The SMILES string of the molecule is Cc1sc(NC(=O)NC2CCCCC2)c(C(N)=O)c1-c1ccccc1. The van der Waals surface area contributed by atoms with Gasteiger partial charge in [-0.2, -0.15) is 0 Å². The van der Waals surface area contributed by atoms with E-state index < -0.39 is 5.91 Å². The molecule has 0 saturated heterocycles. The molecule has 1 aliphatic rings. The van der Waals surface area contributed by atoms with Crippen molar-refractivity contribution in [1.82, 2.24) is 5.32 Å². The number of rotatable bonds is 4. The van der Waals surface area contributed by atoms with Gasteiger partial charge in [-0.15, -0.1) is 11.3 Å². The molecule has 4 N–H and O–H groups in total. The lowest BCUT2D eigenvalue weighted by Crippen LogP contribution is -2.39. The highest BCUT2D eigenvalue weighted by Gasteiger charge is 2.23. The molecule has 2 aromatic rings. The second kappa shape index (κ2) is 7.70. The highest BCUT2D eigenvalue weighted by atomic mass is 32.1. The summed E-state index contributed by atoms with van der Waals surface area (Å²) in [6.07, 6.45) is 5.54. The van der Waals surface area contributed by atoms with E-state index in [4.69, 9.17) is 5.73 Å². The van der Waals surface area contributed by atoms with Crippen molar-refractivity contribution in [3.05, 3.63) is 40.8 Å². The van der Waals surface area contributed by atoms with E-state index >= 15 is 0 Å². The standard InChI is InChI=1S/C19H23N3O2S/c1-12-15(13-8-4-2-5-9-13)16(17(20)23)18(25-12)22-19(24)21-14-10-6-3-7-11-14/h2,4-5,8-9,14H,3,6-7,10-11H2,1H3,(H2,20,23)(H2,21,22,24). The summed E-state index contributed by atoms with van der Waals surface area (Å²) >= 11 is 1.38. The molecule has 1 fully saturated rings. The highest BCUT2D eigenvalue weighted by Crippen LogP contribution is 2.39. The normalized spacial score (nSPS) is 14.9. The zero-order valence-electron chi connectivity index (χ0n) is 14.3. The zero-order valence-corrected chi connectivity index (χ0v) is 15.1. The number of urea groups is 1. The number of hydrogen-bond acceptors (Lipinski definition) is 3. The van der Waals surface area contributed by atoms with Crippen molar-refractivity contribution < 1.29 is 9.59 Å². The molecule has 0 radical (unpaired) electrons. The van der Waals surface area contributed by atoms with Gasteiger partial charge in [-0.25, -0.2) is 4.79 Å². The molecular formula is C19H23N3O2S. The zero-order chi connectivity index (χ0) is 17.8. The van der Waals surface area contributed by atoms with Crippen LogP contribution in [0.4, 0.5) is 9.80 Å². The monoisotopic (exact) mass is 357 g/mol. The third-order valence-electron chi connectivity index (χ3n) is 4.56. The molecule has 1 aromatic heterocycles. The molecule has 0 bridgehead atoms. The minimum absolute atomic E-state index is 0.209. The minimum Gasteiger partial charge on any atom is -0.365 e. The summed E-state index contributed by atoms with van der Waals surface area (Å²) in [6.45, 7) is 1.93. The molecule has 0 aliphatic heterocycles. The molecule has 1 aromatic carbocycles. The van der Waals surface area contributed by atoms with Gasteiger partial charge in [0.2, 0.25) is 0 Å². The molecule has 6 heteroatoms. The van der Waals surface area contributed by atoms with Crippen molar-refractivity contribution in [2.24, 2.45) is 5.73 Å². The predicted octanol–water partition coefficient (Wildman–Crippen LogP) is 4.28. The summed E-state index contributed by atoms with van der Waals surface area (Å²) in [5, 5.41) is 6.36. The first-order chi connectivity index (χ1) is 12.1. The number of carbonyl (C=O) groups is 2. The predicted molar refractivity (Wildman–Crippen MR) is 102 cm³/mol. The summed E-state index contributed by atoms with van der Waals surface area (Å²) in [4.78, 5) is 25.4. The minimum atomic E-state index is -0.531. The Hall–Kier alpha value is -2.34. The van der Waals surface area contributed by atoms with E-state index in [-0.39, 0.29) is 12.1 Å². The Morgan fingerprint density at radius 2 is 1.80 bits per heavy atom. The second-order valence-corrected chi connectivity index (χ2v) is 7.63. The summed E-state index contributed by atoms with van der Waals surface area (Å²) < 4.78 is 0. The number of benzene rings is 1. The van der Waals surface area contributed by atoms with Gasteiger partial charge in [0.15, 0.2) is 0 Å². The number of nitrogens with two attached hydrogens (primary N) is 1. The van der Waals surface area contributed by atoms with E-state index in [9.17, 15) is 9.59 Å². The van der Waals surface area contributed by atoms with E-state index in [1.165, 1.54) is 17.8 Å².